The summed E-state index contributed by atoms with van der Waals surface area (Å²) in [6.07, 6.45) is 11.2. The van der Waals surface area contributed by atoms with Gasteiger partial charge in [0.25, 0.3) is 0 Å². The number of hydrogen-bond donors (Lipinski definition) is 1. The molecule has 4 heteroatoms. The zero-order chi connectivity index (χ0) is 19.3. The summed E-state index contributed by atoms with van der Waals surface area (Å²) in [5, 5.41) is 0. The van der Waals surface area contributed by atoms with Crippen LogP contribution in [0.3, 0.4) is 0 Å². The van der Waals surface area contributed by atoms with E-state index in [2.05, 4.69) is 17.2 Å². The minimum Gasteiger partial charge on any atom is -0.321 e. The molecule has 1 heterocycles. The van der Waals surface area contributed by atoms with Crippen molar-refractivity contribution >= 4 is 7.85 Å². The van der Waals surface area contributed by atoms with Crippen molar-refractivity contribution in [3.63, 3.8) is 0 Å². The second kappa shape index (κ2) is 9.23. The van der Waals surface area contributed by atoms with E-state index in [9.17, 15) is 4.39 Å². The average Bonchev–Trinajstić information content (AvgIpc) is 2.68. The molecule has 3 rings (SSSR count). The van der Waals surface area contributed by atoms with Crippen molar-refractivity contribution in [2.45, 2.75) is 69.3 Å². The topological polar surface area (TPSA) is 29.3 Å². The van der Waals surface area contributed by atoms with E-state index in [0.29, 0.717) is 18.3 Å². The SMILES string of the molecule is [B]CCCCC(N)(C=C=C)C1CCN(C2CCCc3ccc(F)cc32)CC1. The molecule has 2 N–H and O–H groups in total. The third-order valence-corrected chi connectivity index (χ3v) is 6.56. The van der Waals surface area contributed by atoms with Gasteiger partial charge in [-0.3, -0.25) is 4.90 Å². The molecule has 0 bridgehead atoms. The van der Waals surface area contributed by atoms with Gasteiger partial charge in [-0.2, -0.15) is 0 Å². The number of piperidine rings is 1. The molecule has 2 nitrogen and oxygen atoms in total. The molecule has 0 saturated carbocycles. The summed E-state index contributed by atoms with van der Waals surface area (Å²) in [6, 6.07) is 5.68. The number of halogens is 1. The van der Waals surface area contributed by atoms with E-state index in [1.807, 2.05) is 12.1 Å². The molecule has 2 radical (unpaired) electrons. The van der Waals surface area contributed by atoms with Crippen LogP contribution in [0, 0.1) is 11.7 Å². The molecule has 144 valence electrons. The second-order valence-corrected chi connectivity index (χ2v) is 8.27. The molecule has 1 fully saturated rings. The van der Waals surface area contributed by atoms with Crippen LogP contribution in [0.5, 0.6) is 0 Å². The number of nitrogens with zero attached hydrogens (tertiary/aromatic N) is 1. The standard InChI is InChI=1S/C23H32BFN2/c1-2-12-23(26,13-3-4-14-24)19-10-15-27(16-11-19)22-7-5-6-18-8-9-20(25)17-21(18)22/h8-9,12,17,19,22H,1,3-7,10-11,13-16,26H2. The third-order valence-electron chi connectivity index (χ3n) is 6.56. The number of benzene rings is 1. The molecule has 0 spiro atoms. The molecule has 27 heavy (non-hydrogen) atoms. The number of aryl methyl sites for hydroxylation is 1. The molecule has 2 aliphatic rings. The second-order valence-electron chi connectivity index (χ2n) is 8.27. The zero-order valence-electron chi connectivity index (χ0n) is 16.4. The highest BCUT2D eigenvalue weighted by atomic mass is 19.1. The Morgan fingerprint density at radius 2 is 2.07 bits per heavy atom. The van der Waals surface area contributed by atoms with E-state index >= 15 is 0 Å². The monoisotopic (exact) mass is 366 g/mol. The number of fused-ring (bicyclic) bond motifs is 1. The van der Waals surface area contributed by atoms with Gasteiger partial charge >= 0.3 is 0 Å². The quantitative estimate of drug-likeness (QED) is 0.430. The van der Waals surface area contributed by atoms with Crippen LogP contribution in [0.25, 0.3) is 0 Å². The summed E-state index contributed by atoms with van der Waals surface area (Å²) in [5.74, 6) is 0.323. The highest BCUT2D eigenvalue weighted by Crippen LogP contribution is 2.39. The van der Waals surface area contributed by atoms with Crippen LogP contribution in [0.2, 0.25) is 6.32 Å². The molecule has 1 aromatic rings. The minimum atomic E-state index is -0.334. The zero-order valence-corrected chi connectivity index (χ0v) is 16.4. The van der Waals surface area contributed by atoms with Gasteiger partial charge in [0.1, 0.15) is 5.82 Å². The lowest BCUT2D eigenvalue weighted by Crippen LogP contribution is -2.50. The average molecular weight is 366 g/mol. The van der Waals surface area contributed by atoms with Crippen molar-refractivity contribution in [1.82, 2.24) is 4.90 Å². The Labute approximate surface area is 165 Å². The molecule has 1 aromatic carbocycles. The number of unbranched alkanes of at least 4 members (excludes halogenated alkanes) is 1. The van der Waals surface area contributed by atoms with Crippen molar-refractivity contribution in [3.8, 4) is 0 Å². The summed E-state index contributed by atoms with van der Waals surface area (Å²) < 4.78 is 13.8. The van der Waals surface area contributed by atoms with Crippen LogP contribution in [0.15, 0.2) is 36.6 Å². The van der Waals surface area contributed by atoms with Crippen LogP contribution in [0.1, 0.15) is 62.1 Å². The maximum atomic E-state index is 13.8. The fraction of sp³-hybridized carbons (Fsp3) is 0.609. The lowest BCUT2D eigenvalue weighted by atomic mass is 9.74. The minimum absolute atomic E-state index is 0.118. The number of likely N-dealkylation sites (tertiary alicyclic amines) is 1. The van der Waals surface area contributed by atoms with Crippen molar-refractivity contribution < 1.29 is 4.39 Å². The predicted octanol–water partition coefficient (Wildman–Crippen LogP) is 4.71. The summed E-state index contributed by atoms with van der Waals surface area (Å²) >= 11 is 0. The normalized spacial score (nSPS) is 23.3. The lowest BCUT2D eigenvalue weighted by molar-refractivity contribution is 0.0957. The van der Waals surface area contributed by atoms with Crippen LogP contribution >= 0.6 is 0 Å². The first-order chi connectivity index (χ1) is 13.1. The summed E-state index contributed by atoms with van der Waals surface area (Å²) in [4.78, 5) is 2.55. The first-order valence-corrected chi connectivity index (χ1v) is 10.5. The van der Waals surface area contributed by atoms with Gasteiger partial charge in [-0.05, 0) is 86.9 Å². The van der Waals surface area contributed by atoms with Gasteiger partial charge < -0.3 is 5.73 Å². The van der Waals surface area contributed by atoms with Crippen LogP contribution in [0.4, 0.5) is 4.39 Å². The molecule has 2 unspecified atom stereocenters. The van der Waals surface area contributed by atoms with Crippen LogP contribution in [-0.4, -0.2) is 31.4 Å². The van der Waals surface area contributed by atoms with E-state index in [0.717, 1.165) is 58.0 Å². The fourth-order valence-corrected chi connectivity index (χ4v) is 5.03. The van der Waals surface area contributed by atoms with Crippen molar-refractivity contribution in [1.29, 1.82) is 0 Å². The Morgan fingerprint density at radius 1 is 1.30 bits per heavy atom. The van der Waals surface area contributed by atoms with E-state index in [1.54, 1.807) is 12.1 Å². The maximum absolute atomic E-state index is 13.8. The highest BCUT2D eigenvalue weighted by molar-refractivity contribution is 6.08. The van der Waals surface area contributed by atoms with Gasteiger partial charge in [0.05, 0.1) is 7.85 Å². The van der Waals surface area contributed by atoms with Gasteiger partial charge in [-0.25, -0.2) is 4.39 Å². The van der Waals surface area contributed by atoms with Gasteiger partial charge in [-0.15, -0.1) is 5.73 Å². The Morgan fingerprint density at radius 3 is 2.78 bits per heavy atom. The summed E-state index contributed by atoms with van der Waals surface area (Å²) in [6.45, 7) is 5.80. The van der Waals surface area contributed by atoms with E-state index in [1.165, 1.54) is 17.5 Å². The molecule has 1 aliphatic heterocycles. The van der Waals surface area contributed by atoms with E-state index in [4.69, 9.17) is 13.6 Å². The van der Waals surface area contributed by atoms with E-state index < -0.39 is 0 Å². The molecule has 0 amide bonds. The number of rotatable bonds is 7. The molecular weight excluding hydrogens is 334 g/mol. The van der Waals surface area contributed by atoms with Crippen molar-refractivity contribution in [2.75, 3.05) is 13.1 Å². The maximum Gasteiger partial charge on any atom is 0.123 e. The predicted molar refractivity (Wildman–Crippen MR) is 111 cm³/mol. The molecule has 0 aromatic heterocycles. The number of nitrogens with two attached hydrogens (primary N) is 1. The third kappa shape index (κ3) is 4.74. The smallest absolute Gasteiger partial charge is 0.123 e. The first kappa shape index (κ1) is 20.4. The van der Waals surface area contributed by atoms with Crippen molar-refractivity contribution in [3.05, 3.63) is 53.5 Å². The van der Waals surface area contributed by atoms with Gasteiger partial charge in [0, 0.05) is 11.6 Å². The Balaban J connectivity index is 1.67. The Hall–Kier alpha value is -1.35. The first-order valence-electron chi connectivity index (χ1n) is 10.5. The van der Waals surface area contributed by atoms with Gasteiger partial charge in [0.2, 0.25) is 0 Å². The fourth-order valence-electron chi connectivity index (χ4n) is 5.03. The largest absolute Gasteiger partial charge is 0.321 e. The van der Waals surface area contributed by atoms with Crippen LogP contribution in [-0.2, 0) is 6.42 Å². The molecule has 1 saturated heterocycles. The Kier molecular flexibility index (Phi) is 6.97. The summed E-state index contributed by atoms with van der Waals surface area (Å²) in [7, 11) is 5.65. The number of hydrogen-bond acceptors (Lipinski definition) is 2. The van der Waals surface area contributed by atoms with Gasteiger partial charge in [0.15, 0.2) is 0 Å². The van der Waals surface area contributed by atoms with Crippen molar-refractivity contribution in [2.24, 2.45) is 11.7 Å². The molecule has 1 aliphatic carbocycles. The van der Waals surface area contributed by atoms with Gasteiger partial charge in [-0.1, -0.05) is 31.8 Å². The molecular formula is C23H32BFN2. The van der Waals surface area contributed by atoms with Crippen LogP contribution < -0.4 is 5.73 Å². The lowest BCUT2D eigenvalue weighted by Gasteiger charge is -2.44. The molecule has 2 atom stereocenters. The highest BCUT2D eigenvalue weighted by Gasteiger charge is 2.37. The summed E-state index contributed by atoms with van der Waals surface area (Å²) in [5.41, 5.74) is 11.9. The van der Waals surface area contributed by atoms with E-state index in [-0.39, 0.29) is 11.4 Å². The Bertz CT molecular complexity index is 677.